The van der Waals surface area contributed by atoms with E-state index in [4.69, 9.17) is 4.74 Å². The lowest BCUT2D eigenvalue weighted by Crippen LogP contribution is -2.44. The van der Waals surface area contributed by atoms with Gasteiger partial charge >= 0.3 is 0 Å². The van der Waals surface area contributed by atoms with E-state index < -0.39 is 0 Å². The van der Waals surface area contributed by atoms with Crippen molar-refractivity contribution in [3.05, 3.63) is 12.7 Å². The fourth-order valence-electron chi connectivity index (χ4n) is 1.53. The van der Waals surface area contributed by atoms with Crippen molar-refractivity contribution in [2.45, 2.75) is 31.9 Å². The van der Waals surface area contributed by atoms with Gasteiger partial charge in [0.05, 0.1) is 12.1 Å². The Bertz CT molecular complexity index is 213. The fourth-order valence-corrected chi connectivity index (χ4v) is 1.53. The molecule has 0 bridgehead atoms. The second-order valence-electron chi connectivity index (χ2n) is 3.80. The first-order chi connectivity index (χ1) is 7.24. The van der Waals surface area contributed by atoms with E-state index in [9.17, 15) is 4.79 Å². The molecule has 0 aromatic rings. The van der Waals surface area contributed by atoms with Crippen molar-refractivity contribution >= 4 is 5.91 Å². The van der Waals surface area contributed by atoms with Crippen molar-refractivity contribution in [2.75, 3.05) is 19.7 Å². The van der Waals surface area contributed by atoms with Crippen molar-refractivity contribution in [3.8, 4) is 0 Å². The Hall–Kier alpha value is -0.870. The Kier molecular flexibility index (Phi) is 5.36. The Morgan fingerprint density at radius 2 is 2.53 bits per heavy atom. The monoisotopic (exact) mass is 212 g/mol. The molecular formula is C11H20N2O2. The van der Waals surface area contributed by atoms with Gasteiger partial charge in [0.1, 0.15) is 0 Å². The van der Waals surface area contributed by atoms with Crippen LogP contribution in [0, 0.1) is 0 Å². The highest BCUT2D eigenvalue weighted by atomic mass is 16.5. The van der Waals surface area contributed by atoms with Crippen molar-refractivity contribution in [3.63, 3.8) is 0 Å². The summed E-state index contributed by atoms with van der Waals surface area (Å²) >= 11 is 0. The molecule has 0 aliphatic carbocycles. The minimum atomic E-state index is -0.172. The zero-order chi connectivity index (χ0) is 11.1. The zero-order valence-electron chi connectivity index (χ0n) is 9.29. The van der Waals surface area contributed by atoms with Gasteiger partial charge in [0.2, 0.25) is 5.91 Å². The lowest BCUT2D eigenvalue weighted by molar-refractivity contribution is -0.122. The number of carbonyl (C=O) groups is 1. The largest absolute Gasteiger partial charge is 0.377 e. The van der Waals surface area contributed by atoms with Crippen LogP contribution in [0.15, 0.2) is 12.7 Å². The van der Waals surface area contributed by atoms with Crippen molar-refractivity contribution in [1.29, 1.82) is 0 Å². The van der Waals surface area contributed by atoms with Crippen LogP contribution in [-0.4, -0.2) is 37.7 Å². The first kappa shape index (κ1) is 12.2. The molecule has 2 atom stereocenters. The number of ether oxygens (including phenoxy) is 1. The van der Waals surface area contributed by atoms with Crippen LogP contribution in [0.25, 0.3) is 0 Å². The third kappa shape index (κ3) is 4.44. The molecule has 2 N–H and O–H groups in total. The zero-order valence-corrected chi connectivity index (χ0v) is 9.29. The first-order valence-electron chi connectivity index (χ1n) is 5.47. The Morgan fingerprint density at radius 3 is 3.13 bits per heavy atom. The van der Waals surface area contributed by atoms with Gasteiger partial charge in [0.25, 0.3) is 0 Å². The van der Waals surface area contributed by atoms with E-state index in [1.165, 1.54) is 0 Å². The van der Waals surface area contributed by atoms with Crippen molar-refractivity contribution in [1.82, 2.24) is 10.6 Å². The van der Waals surface area contributed by atoms with Gasteiger partial charge < -0.3 is 15.4 Å². The topological polar surface area (TPSA) is 50.4 Å². The van der Waals surface area contributed by atoms with Crippen LogP contribution in [0.4, 0.5) is 0 Å². The molecule has 0 aromatic heterocycles. The van der Waals surface area contributed by atoms with Gasteiger partial charge in [-0.05, 0) is 19.8 Å². The SMILES string of the molecule is C=CCNC(=O)C(C)NCC1CCCO1. The summed E-state index contributed by atoms with van der Waals surface area (Å²) in [6.45, 7) is 7.52. The van der Waals surface area contributed by atoms with Gasteiger partial charge in [0, 0.05) is 19.7 Å². The van der Waals surface area contributed by atoms with E-state index in [1.807, 2.05) is 6.92 Å². The number of carbonyl (C=O) groups excluding carboxylic acids is 1. The van der Waals surface area contributed by atoms with Crippen LogP contribution < -0.4 is 10.6 Å². The fraction of sp³-hybridized carbons (Fsp3) is 0.727. The second-order valence-corrected chi connectivity index (χ2v) is 3.80. The van der Waals surface area contributed by atoms with E-state index in [-0.39, 0.29) is 18.1 Å². The highest BCUT2D eigenvalue weighted by molar-refractivity contribution is 5.81. The molecule has 0 spiro atoms. The molecule has 86 valence electrons. The molecular weight excluding hydrogens is 192 g/mol. The van der Waals surface area contributed by atoms with Gasteiger partial charge in [-0.2, -0.15) is 0 Å². The van der Waals surface area contributed by atoms with Crippen LogP contribution in [-0.2, 0) is 9.53 Å². The average Bonchev–Trinajstić information content (AvgIpc) is 2.75. The second kappa shape index (κ2) is 6.58. The first-order valence-corrected chi connectivity index (χ1v) is 5.47. The minimum absolute atomic E-state index is 0.00731. The average molecular weight is 212 g/mol. The van der Waals surface area contributed by atoms with E-state index in [0.717, 1.165) is 26.0 Å². The molecule has 1 rings (SSSR count). The smallest absolute Gasteiger partial charge is 0.237 e. The van der Waals surface area contributed by atoms with Crippen LogP contribution in [0.1, 0.15) is 19.8 Å². The van der Waals surface area contributed by atoms with Crippen LogP contribution in [0.5, 0.6) is 0 Å². The molecule has 0 aromatic carbocycles. The molecule has 2 unspecified atom stereocenters. The summed E-state index contributed by atoms with van der Waals surface area (Å²) in [5, 5.41) is 5.91. The number of hydrogen-bond donors (Lipinski definition) is 2. The number of rotatable bonds is 6. The molecule has 1 aliphatic heterocycles. The Labute approximate surface area is 91.1 Å². The van der Waals surface area contributed by atoms with E-state index >= 15 is 0 Å². The van der Waals surface area contributed by atoms with Gasteiger partial charge in [-0.15, -0.1) is 6.58 Å². The minimum Gasteiger partial charge on any atom is -0.377 e. The number of hydrogen-bond acceptors (Lipinski definition) is 3. The summed E-state index contributed by atoms with van der Waals surface area (Å²) in [6.07, 6.45) is 4.17. The van der Waals surface area contributed by atoms with Crippen LogP contribution in [0.2, 0.25) is 0 Å². The standard InChI is InChI=1S/C11H20N2O2/c1-3-6-12-11(14)9(2)13-8-10-5-4-7-15-10/h3,9-10,13H,1,4-8H2,2H3,(H,12,14). The molecule has 1 heterocycles. The molecule has 4 nitrogen and oxygen atoms in total. The van der Waals surface area contributed by atoms with E-state index in [0.29, 0.717) is 6.54 Å². The van der Waals surface area contributed by atoms with Gasteiger partial charge in [-0.3, -0.25) is 4.79 Å². The lowest BCUT2D eigenvalue weighted by Gasteiger charge is -2.16. The molecule has 0 saturated carbocycles. The Morgan fingerprint density at radius 1 is 1.73 bits per heavy atom. The van der Waals surface area contributed by atoms with E-state index in [1.54, 1.807) is 6.08 Å². The molecule has 4 heteroatoms. The third-order valence-electron chi connectivity index (χ3n) is 2.49. The van der Waals surface area contributed by atoms with E-state index in [2.05, 4.69) is 17.2 Å². The van der Waals surface area contributed by atoms with Gasteiger partial charge in [-0.25, -0.2) is 0 Å². The predicted molar refractivity (Wildman–Crippen MR) is 59.6 cm³/mol. The molecule has 1 amide bonds. The summed E-state index contributed by atoms with van der Waals surface area (Å²) in [5.41, 5.74) is 0. The highest BCUT2D eigenvalue weighted by Gasteiger charge is 2.18. The molecule has 1 saturated heterocycles. The Balaban J connectivity index is 2.13. The summed E-state index contributed by atoms with van der Waals surface area (Å²) in [5.74, 6) is 0.00731. The van der Waals surface area contributed by atoms with Crippen LogP contribution >= 0.6 is 0 Å². The number of nitrogens with one attached hydrogen (secondary N) is 2. The summed E-state index contributed by atoms with van der Waals surface area (Å²) in [6, 6.07) is -0.172. The summed E-state index contributed by atoms with van der Waals surface area (Å²) in [4.78, 5) is 11.4. The van der Waals surface area contributed by atoms with Crippen molar-refractivity contribution < 1.29 is 9.53 Å². The maximum atomic E-state index is 11.4. The molecule has 0 radical (unpaired) electrons. The van der Waals surface area contributed by atoms with Crippen LogP contribution in [0.3, 0.4) is 0 Å². The maximum Gasteiger partial charge on any atom is 0.237 e. The summed E-state index contributed by atoms with van der Waals surface area (Å²) < 4.78 is 5.45. The van der Waals surface area contributed by atoms with Crippen molar-refractivity contribution in [2.24, 2.45) is 0 Å². The normalized spacial score (nSPS) is 22.3. The molecule has 1 aliphatic rings. The summed E-state index contributed by atoms with van der Waals surface area (Å²) in [7, 11) is 0. The molecule has 15 heavy (non-hydrogen) atoms. The van der Waals surface area contributed by atoms with Gasteiger partial charge in [0.15, 0.2) is 0 Å². The predicted octanol–water partition coefficient (Wildman–Crippen LogP) is 0.446. The third-order valence-corrected chi connectivity index (χ3v) is 2.49. The van der Waals surface area contributed by atoms with Gasteiger partial charge in [-0.1, -0.05) is 6.08 Å². The number of amides is 1. The lowest BCUT2D eigenvalue weighted by atomic mass is 10.2. The quantitative estimate of drug-likeness (QED) is 0.628. The highest BCUT2D eigenvalue weighted by Crippen LogP contribution is 2.10. The maximum absolute atomic E-state index is 11.4. The molecule has 1 fully saturated rings.